The average Bonchev–Trinajstić information content (AvgIpc) is 3.84. The smallest absolute Gasteiger partial charge is 0.0555 e. The first-order valence-corrected chi connectivity index (χ1v) is 19.5. The van der Waals surface area contributed by atoms with Gasteiger partial charge in [0.1, 0.15) is 0 Å². The van der Waals surface area contributed by atoms with Gasteiger partial charge in [-0.05, 0) is 106 Å². The van der Waals surface area contributed by atoms with Crippen molar-refractivity contribution in [1.82, 2.24) is 4.57 Å². The average molecular weight is 709 g/mol. The molecule has 2 aromatic heterocycles. The number of hydrogen-bond acceptors (Lipinski definition) is 2. The molecule has 0 saturated carbocycles. The zero-order valence-corrected chi connectivity index (χ0v) is 30.9. The summed E-state index contributed by atoms with van der Waals surface area (Å²) in [4.78, 5) is 2.39. The van der Waals surface area contributed by atoms with Gasteiger partial charge in [-0.1, -0.05) is 123 Å². The van der Waals surface area contributed by atoms with E-state index in [0.29, 0.717) is 0 Å². The lowest BCUT2D eigenvalue weighted by atomic mass is 9.82. The van der Waals surface area contributed by atoms with Crippen LogP contribution < -0.4 is 4.90 Å². The molecule has 0 N–H and O–H groups in total. The van der Waals surface area contributed by atoms with Crippen LogP contribution in [0.4, 0.5) is 17.1 Å². The van der Waals surface area contributed by atoms with Gasteiger partial charge in [0, 0.05) is 59.1 Å². The van der Waals surface area contributed by atoms with Crippen LogP contribution in [-0.4, -0.2) is 4.57 Å². The minimum atomic E-state index is -0.0716. The molecule has 54 heavy (non-hydrogen) atoms. The second kappa shape index (κ2) is 11.8. The van der Waals surface area contributed by atoms with Gasteiger partial charge in [0.25, 0.3) is 0 Å². The van der Waals surface area contributed by atoms with E-state index in [1.54, 1.807) is 0 Å². The van der Waals surface area contributed by atoms with Crippen LogP contribution in [-0.2, 0) is 5.41 Å². The Morgan fingerprint density at radius 3 is 1.94 bits per heavy atom. The summed E-state index contributed by atoms with van der Waals surface area (Å²) < 4.78 is 5.10. The Kier molecular flexibility index (Phi) is 6.80. The first-order valence-electron chi connectivity index (χ1n) is 18.7. The highest BCUT2D eigenvalue weighted by Gasteiger charge is 2.35. The van der Waals surface area contributed by atoms with Gasteiger partial charge in [0.2, 0.25) is 0 Å². The fourth-order valence-electron chi connectivity index (χ4n) is 8.98. The third-order valence-corrected chi connectivity index (χ3v) is 12.8. The minimum absolute atomic E-state index is 0.0716. The molecule has 8 aromatic carbocycles. The Labute approximate surface area is 318 Å². The monoisotopic (exact) mass is 708 g/mol. The van der Waals surface area contributed by atoms with Crippen molar-refractivity contribution >= 4 is 70.4 Å². The Morgan fingerprint density at radius 1 is 0.463 bits per heavy atom. The molecule has 0 fully saturated rings. The summed E-state index contributed by atoms with van der Waals surface area (Å²) in [5, 5.41) is 5.25. The maximum atomic E-state index is 2.43. The summed E-state index contributed by atoms with van der Waals surface area (Å²) in [6.07, 6.45) is 0. The van der Waals surface area contributed by atoms with Gasteiger partial charge in [0.05, 0.1) is 11.0 Å². The van der Waals surface area contributed by atoms with Crippen molar-refractivity contribution in [2.24, 2.45) is 0 Å². The molecule has 0 unspecified atom stereocenters. The zero-order chi connectivity index (χ0) is 36.0. The van der Waals surface area contributed by atoms with Crippen molar-refractivity contribution in [3.05, 3.63) is 193 Å². The molecule has 10 aromatic rings. The summed E-state index contributed by atoms with van der Waals surface area (Å²) in [5.41, 5.74) is 14.8. The summed E-state index contributed by atoms with van der Waals surface area (Å²) in [6, 6.07) is 66.9. The number of anilines is 3. The second-order valence-corrected chi connectivity index (χ2v) is 16.0. The third-order valence-electron chi connectivity index (χ3n) is 11.6. The number of thiophene rings is 1. The second-order valence-electron chi connectivity index (χ2n) is 15.0. The van der Waals surface area contributed by atoms with Crippen molar-refractivity contribution < 1.29 is 0 Å². The van der Waals surface area contributed by atoms with Crippen LogP contribution >= 0.6 is 11.3 Å². The van der Waals surface area contributed by atoms with E-state index in [1.807, 2.05) is 11.3 Å². The van der Waals surface area contributed by atoms with Crippen LogP contribution in [0.15, 0.2) is 182 Å². The largest absolute Gasteiger partial charge is 0.310 e. The van der Waals surface area contributed by atoms with Crippen LogP contribution in [0.1, 0.15) is 25.0 Å². The predicted molar refractivity (Wildman–Crippen MR) is 231 cm³/mol. The van der Waals surface area contributed by atoms with Crippen LogP contribution in [0.2, 0.25) is 0 Å². The molecule has 256 valence electrons. The summed E-state index contributed by atoms with van der Waals surface area (Å²) >= 11 is 1.90. The highest BCUT2D eigenvalue weighted by atomic mass is 32.1. The van der Waals surface area contributed by atoms with Crippen molar-refractivity contribution in [1.29, 1.82) is 0 Å². The topological polar surface area (TPSA) is 8.17 Å². The van der Waals surface area contributed by atoms with Gasteiger partial charge in [-0.25, -0.2) is 0 Å². The van der Waals surface area contributed by atoms with Gasteiger partial charge in [-0.2, -0.15) is 0 Å². The van der Waals surface area contributed by atoms with E-state index in [0.717, 1.165) is 17.1 Å². The molecule has 0 radical (unpaired) electrons. The molecule has 11 rings (SSSR count). The van der Waals surface area contributed by atoms with Crippen LogP contribution in [0, 0.1) is 0 Å². The van der Waals surface area contributed by atoms with Crippen LogP contribution in [0.5, 0.6) is 0 Å². The lowest BCUT2D eigenvalue weighted by Crippen LogP contribution is -2.16. The number of nitrogens with zero attached hydrogens (tertiary/aromatic N) is 2. The number of benzene rings is 8. The Morgan fingerprint density at radius 2 is 1.11 bits per heavy atom. The maximum absolute atomic E-state index is 2.43. The third kappa shape index (κ3) is 4.58. The van der Waals surface area contributed by atoms with E-state index in [4.69, 9.17) is 0 Å². The molecular formula is C51H36N2S. The van der Waals surface area contributed by atoms with Gasteiger partial charge >= 0.3 is 0 Å². The SMILES string of the molecule is CC1(C)c2ccccc2-c2ccc(N(c3ccccc3)c3ccc(-c4ccc5c(c4)c4c6sc7ccccc7c6ccc4n5-c4ccccc4)cc3)cc21. The predicted octanol–water partition coefficient (Wildman–Crippen LogP) is 14.6. The van der Waals surface area contributed by atoms with Crippen molar-refractivity contribution in [3.63, 3.8) is 0 Å². The maximum Gasteiger partial charge on any atom is 0.0555 e. The van der Waals surface area contributed by atoms with Gasteiger partial charge in [-0.3, -0.25) is 0 Å². The van der Waals surface area contributed by atoms with Gasteiger partial charge in [-0.15, -0.1) is 11.3 Å². The Bertz CT molecular complexity index is 3060. The summed E-state index contributed by atoms with van der Waals surface area (Å²) in [5.74, 6) is 0. The van der Waals surface area contributed by atoms with Crippen molar-refractivity contribution in [2.75, 3.05) is 4.90 Å². The fourth-order valence-corrected chi connectivity index (χ4v) is 10.2. The molecule has 1 aliphatic rings. The first-order chi connectivity index (χ1) is 26.5. The highest BCUT2D eigenvalue weighted by Crippen LogP contribution is 2.51. The molecule has 0 atom stereocenters. The highest BCUT2D eigenvalue weighted by molar-refractivity contribution is 7.26. The molecule has 2 nitrogen and oxygen atoms in total. The molecular weight excluding hydrogens is 673 g/mol. The molecule has 2 heterocycles. The zero-order valence-electron chi connectivity index (χ0n) is 30.1. The summed E-state index contributed by atoms with van der Waals surface area (Å²) in [6.45, 7) is 4.70. The number of para-hydroxylation sites is 2. The molecule has 0 amide bonds. The summed E-state index contributed by atoms with van der Waals surface area (Å²) in [7, 11) is 0. The molecule has 0 spiro atoms. The molecule has 3 heteroatoms. The van der Waals surface area contributed by atoms with E-state index < -0.39 is 0 Å². The lowest BCUT2D eigenvalue weighted by molar-refractivity contribution is 0.660. The lowest BCUT2D eigenvalue weighted by Gasteiger charge is -2.28. The molecule has 0 aliphatic heterocycles. The Balaban J connectivity index is 1.05. The first kappa shape index (κ1) is 31.1. The Hall–Kier alpha value is -6.42. The van der Waals surface area contributed by atoms with Crippen molar-refractivity contribution in [3.8, 4) is 27.9 Å². The van der Waals surface area contributed by atoms with Gasteiger partial charge < -0.3 is 9.47 Å². The van der Waals surface area contributed by atoms with Crippen LogP contribution in [0.3, 0.4) is 0 Å². The normalized spacial score (nSPS) is 13.1. The van der Waals surface area contributed by atoms with E-state index in [1.165, 1.54) is 81.0 Å². The van der Waals surface area contributed by atoms with E-state index in [2.05, 4.69) is 205 Å². The fraction of sp³-hybridized carbons (Fsp3) is 0.0588. The molecule has 0 bridgehead atoms. The van der Waals surface area contributed by atoms with Gasteiger partial charge in [0.15, 0.2) is 0 Å². The minimum Gasteiger partial charge on any atom is -0.310 e. The quantitative estimate of drug-likeness (QED) is 0.173. The van der Waals surface area contributed by atoms with E-state index in [-0.39, 0.29) is 5.41 Å². The number of fused-ring (bicyclic) bond motifs is 10. The standard InChI is InChI=1S/C51H36N2S/c1-51(2)44-19-11-9-17-39(44)40-27-26-38(32-45(40)51)52(35-13-5-3-6-14-35)37-24-21-33(22-25-37)34-23-29-46-43(31-34)49-47(53(46)36-15-7-4-8-16-36)30-28-42-41-18-10-12-20-48(41)54-50(42)49/h3-32H,1-2H3. The molecule has 0 saturated heterocycles. The number of hydrogen-bond donors (Lipinski definition) is 0. The molecule has 1 aliphatic carbocycles. The van der Waals surface area contributed by atoms with Crippen molar-refractivity contribution in [2.45, 2.75) is 19.3 Å². The van der Waals surface area contributed by atoms with E-state index in [9.17, 15) is 0 Å². The number of aromatic nitrogens is 1. The van der Waals surface area contributed by atoms with Crippen LogP contribution in [0.25, 0.3) is 69.9 Å². The van der Waals surface area contributed by atoms with E-state index >= 15 is 0 Å². The number of rotatable bonds is 5.